The van der Waals surface area contributed by atoms with Gasteiger partial charge in [-0.1, -0.05) is 12.1 Å². The van der Waals surface area contributed by atoms with Crippen LogP contribution in [0.15, 0.2) is 35.3 Å². The van der Waals surface area contributed by atoms with Crippen molar-refractivity contribution in [3.05, 3.63) is 57.9 Å². The van der Waals surface area contributed by atoms with Gasteiger partial charge in [0.1, 0.15) is 5.82 Å². The van der Waals surface area contributed by atoms with Crippen molar-refractivity contribution in [2.75, 3.05) is 20.3 Å². The molecule has 0 bridgehead atoms. The van der Waals surface area contributed by atoms with Crippen LogP contribution < -0.4 is 5.56 Å². The first-order valence-corrected chi connectivity index (χ1v) is 10.5. The Hall–Kier alpha value is -2.51. The van der Waals surface area contributed by atoms with Crippen molar-refractivity contribution in [1.82, 2.24) is 24.2 Å². The summed E-state index contributed by atoms with van der Waals surface area (Å²) in [5.41, 5.74) is 3.50. The minimum atomic E-state index is 0.0286. The molecule has 7 nitrogen and oxygen atoms in total. The van der Waals surface area contributed by atoms with Crippen LogP contribution in [0.4, 0.5) is 0 Å². The third kappa shape index (κ3) is 3.28. The molecule has 1 atom stereocenters. The second-order valence-corrected chi connectivity index (χ2v) is 8.01. The molecule has 3 aromatic rings. The highest BCUT2D eigenvalue weighted by Crippen LogP contribution is 2.33. The van der Waals surface area contributed by atoms with Gasteiger partial charge >= 0.3 is 0 Å². The number of aromatic nitrogens is 4. The van der Waals surface area contributed by atoms with Crippen LogP contribution in [-0.4, -0.2) is 44.5 Å². The number of para-hydroxylation sites is 1. The van der Waals surface area contributed by atoms with Gasteiger partial charge in [0.25, 0.3) is 5.56 Å². The van der Waals surface area contributed by atoms with Crippen LogP contribution in [0, 0.1) is 0 Å². The van der Waals surface area contributed by atoms with Gasteiger partial charge in [-0.2, -0.15) is 5.10 Å². The minimum Gasteiger partial charge on any atom is -0.383 e. The SMILES string of the molecule is COCCn1c(C2CCCN2Cc2cnn3c2CCC3)nc2ccccc2c1=O. The fourth-order valence-electron chi connectivity index (χ4n) is 4.82. The van der Waals surface area contributed by atoms with E-state index in [0.29, 0.717) is 18.5 Å². The molecule has 152 valence electrons. The number of hydrogen-bond acceptors (Lipinski definition) is 5. The van der Waals surface area contributed by atoms with Gasteiger partial charge in [0.2, 0.25) is 0 Å². The maximum absolute atomic E-state index is 13.2. The number of fused-ring (bicyclic) bond motifs is 2. The summed E-state index contributed by atoms with van der Waals surface area (Å²) in [4.78, 5) is 20.7. The molecule has 0 spiro atoms. The molecule has 4 heterocycles. The van der Waals surface area contributed by atoms with Crippen molar-refractivity contribution in [2.45, 2.75) is 51.4 Å². The summed E-state index contributed by atoms with van der Waals surface area (Å²) in [7, 11) is 1.67. The van der Waals surface area contributed by atoms with Gasteiger partial charge in [0, 0.05) is 31.5 Å². The van der Waals surface area contributed by atoms with Crippen molar-refractivity contribution >= 4 is 10.9 Å². The van der Waals surface area contributed by atoms with Gasteiger partial charge in [0.05, 0.1) is 36.3 Å². The Kier molecular flexibility index (Phi) is 4.93. The average molecular weight is 393 g/mol. The molecule has 29 heavy (non-hydrogen) atoms. The zero-order valence-electron chi connectivity index (χ0n) is 16.9. The summed E-state index contributed by atoms with van der Waals surface area (Å²) < 4.78 is 9.25. The zero-order valence-corrected chi connectivity index (χ0v) is 16.9. The zero-order chi connectivity index (χ0) is 19.8. The molecular weight excluding hydrogens is 366 g/mol. The largest absolute Gasteiger partial charge is 0.383 e. The van der Waals surface area contributed by atoms with Crippen LogP contribution in [0.1, 0.15) is 42.4 Å². The van der Waals surface area contributed by atoms with Crippen LogP contribution in [0.25, 0.3) is 10.9 Å². The molecule has 2 aliphatic heterocycles. The molecule has 0 N–H and O–H groups in total. The number of rotatable bonds is 6. The quantitative estimate of drug-likeness (QED) is 0.644. The highest BCUT2D eigenvalue weighted by atomic mass is 16.5. The predicted molar refractivity (Wildman–Crippen MR) is 111 cm³/mol. The van der Waals surface area contributed by atoms with Gasteiger partial charge in [-0.05, 0) is 44.4 Å². The first-order valence-electron chi connectivity index (χ1n) is 10.5. The molecular formula is C22H27N5O2. The molecule has 5 rings (SSSR count). The number of aryl methyl sites for hydroxylation is 1. The molecule has 0 radical (unpaired) electrons. The summed E-state index contributed by atoms with van der Waals surface area (Å²) in [6.07, 6.45) is 6.45. The third-order valence-corrected chi connectivity index (χ3v) is 6.26. The molecule has 2 aromatic heterocycles. The lowest BCUT2D eigenvalue weighted by molar-refractivity contribution is 0.178. The number of ether oxygens (including phenoxy) is 1. The first kappa shape index (κ1) is 18.5. The lowest BCUT2D eigenvalue weighted by atomic mass is 10.1. The summed E-state index contributed by atoms with van der Waals surface area (Å²) in [5, 5.41) is 5.22. The number of likely N-dealkylation sites (tertiary alicyclic amines) is 1. The van der Waals surface area contributed by atoms with E-state index in [1.807, 2.05) is 35.0 Å². The number of nitrogens with zero attached hydrogens (tertiary/aromatic N) is 5. The molecule has 1 aromatic carbocycles. The maximum atomic E-state index is 13.2. The Morgan fingerprint density at radius 2 is 2.10 bits per heavy atom. The van der Waals surface area contributed by atoms with Crippen molar-refractivity contribution in [3.8, 4) is 0 Å². The Labute approximate surface area is 169 Å². The van der Waals surface area contributed by atoms with E-state index in [4.69, 9.17) is 9.72 Å². The standard InChI is InChI=1S/C22H27N5O2/c1-29-13-12-26-21(24-18-7-3-2-6-17(18)22(26)28)20-9-4-10-25(20)15-16-14-23-27-11-5-8-19(16)27/h2-3,6-7,14,20H,4-5,8-13,15H2,1H3. The summed E-state index contributed by atoms with van der Waals surface area (Å²) in [6.45, 7) is 3.93. The molecule has 0 saturated carbocycles. The highest BCUT2D eigenvalue weighted by Gasteiger charge is 2.31. The van der Waals surface area contributed by atoms with E-state index in [1.54, 1.807) is 7.11 Å². The number of methoxy groups -OCH3 is 1. The van der Waals surface area contributed by atoms with Crippen LogP contribution in [0.3, 0.4) is 0 Å². The molecule has 1 saturated heterocycles. The summed E-state index contributed by atoms with van der Waals surface area (Å²) in [5.74, 6) is 0.868. The van der Waals surface area contributed by atoms with Gasteiger partial charge in [-0.3, -0.25) is 18.9 Å². The average Bonchev–Trinajstić information content (AvgIpc) is 3.46. The van der Waals surface area contributed by atoms with Crippen molar-refractivity contribution in [2.24, 2.45) is 0 Å². The van der Waals surface area contributed by atoms with Crippen molar-refractivity contribution < 1.29 is 4.74 Å². The van der Waals surface area contributed by atoms with Gasteiger partial charge in [-0.25, -0.2) is 4.98 Å². The van der Waals surface area contributed by atoms with Crippen LogP contribution in [0.2, 0.25) is 0 Å². The molecule has 0 aliphatic carbocycles. The molecule has 1 fully saturated rings. The maximum Gasteiger partial charge on any atom is 0.261 e. The Morgan fingerprint density at radius 3 is 3.00 bits per heavy atom. The lowest BCUT2D eigenvalue weighted by Crippen LogP contribution is -2.33. The van der Waals surface area contributed by atoms with E-state index in [0.717, 1.165) is 50.2 Å². The fraction of sp³-hybridized carbons (Fsp3) is 0.500. The first-order chi connectivity index (χ1) is 14.3. The van der Waals surface area contributed by atoms with E-state index in [9.17, 15) is 4.79 Å². The van der Waals surface area contributed by atoms with E-state index in [1.165, 1.54) is 17.7 Å². The summed E-state index contributed by atoms with van der Waals surface area (Å²) >= 11 is 0. The summed E-state index contributed by atoms with van der Waals surface area (Å²) in [6, 6.07) is 7.78. The lowest BCUT2D eigenvalue weighted by Gasteiger charge is -2.26. The monoisotopic (exact) mass is 393 g/mol. The Morgan fingerprint density at radius 1 is 1.21 bits per heavy atom. The fourth-order valence-corrected chi connectivity index (χ4v) is 4.82. The second-order valence-electron chi connectivity index (χ2n) is 8.01. The van der Waals surface area contributed by atoms with Gasteiger partial charge < -0.3 is 4.74 Å². The van der Waals surface area contributed by atoms with Crippen molar-refractivity contribution in [3.63, 3.8) is 0 Å². The van der Waals surface area contributed by atoms with E-state index < -0.39 is 0 Å². The number of hydrogen-bond donors (Lipinski definition) is 0. The third-order valence-electron chi connectivity index (χ3n) is 6.26. The Bertz CT molecular complexity index is 1090. The molecule has 2 aliphatic rings. The smallest absolute Gasteiger partial charge is 0.261 e. The van der Waals surface area contributed by atoms with Crippen LogP contribution in [-0.2, 0) is 30.8 Å². The van der Waals surface area contributed by atoms with Gasteiger partial charge in [-0.15, -0.1) is 0 Å². The molecule has 0 amide bonds. The molecule has 7 heteroatoms. The minimum absolute atomic E-state index is 0.0286. The highest BCUT2D eigenvalue weighted by molar-refractivity contribution is 5.77. The van der Waals surface area contributed by atoms with Crippen molar-refractivity contribution in [1.29, 1.82) is 0 Å². The molecule has 1 unspecified atom stereocenters. The van der Waals surface area contributed by atoms with Crippen LogP contribution >= 0.6 is 0 Å². The second kappa shape index (κ2) is 7.72. The van der Waals surface area contributed by atoms with E-state index in [-0.39, 0.29) is 11.6 Å². The topological polar surface area (TPSA) is 65.2 Å². The predicted octanol–water partition coefficient (Wildman–Crippen LogP) is 2.52. The number of benzene rings is 1. The normalized spacial score (nSPS) is 19.3. The van der Waals surface area contributed by atoms with E-state index in [2.05, 4.69) is 14.7 Å². The Balaban J connectivity index is 1.53. The van der Waals surface area contributed by atoms with Gasteiger partial charge in [0.15, 0.2) is 0 Å². The van der Waals surface area contributed by atoms with Crippen LogP contribution in [0.5, 0.6) is 0 Å². The van der Waals surface area contributed by atoms with E-state index >= 15 is 0 Å².